The normalized spacial score (nSPS) is 24.1. The predicted molar refractivity (Wildman–Crippen MR) is 102 cm³/mol. The molecule has 1 saturated heterocycles. The Hall–Kier alpha value is -1.99. The zero-order valence-corrected chi connectivity index (χ0v) is 16.3. The number of anilines is 1. The van der Waals surface area contributed by atoms with Gasteiger partial charge >= 0.3 is 5.97 Å². The summed E-state index contributed by atoms with van der Waals surface area (Å²) in [5, 5.41) is 11.3. The van der Waals surface area contributed by atoms with Crippen molar-refractivity contribution in [2.75, 3.05) is 24.6 Å². The highest BCUT2D eigenvalue weighted by atomic mass is 35.5. The van der Waals surface area contributed by atoms with E-state index in [0.717, 1.165) is 31.6 Å². The number of ether oxygens (including phenoxy) is 2. The summed E-state index contributed by atoms with van der Waals surface area (Å²) in [6.07, 6.45) is 1.85. The molecule has 9 heteroatoms. The molecule has 1 aromatic carbocycles. The molecule has 2 aliphatic rings. The van der Waals surface area contributed by atoms with Crippen molar-refractivity contribution in [1.29, 1.82) is 0 Å². The van der Waals surface area contributed by atoms with Gasteiger partial charge in [0.15, 0.2) is 0 Å². The number of nitrogens with one attached hydrogen (secondary N) is 1. The molecule has 1 N–H and O–H groups in total. The van der Waals surface area contributed by atoms with E-state index < -0.39 is 5.97 Å². The summed E-state index contributed by atoms with van der Waals surface area (Å²) in [7, 11) is 0. The van der Waals surface area contributed by atoms with E-state index in [2.05, 4.69) is 20.3 Å². The average molecular weight is 411 g/mol. The molecule has 1 saturated carbocycles. The molecule has 144 valence electrons. The van der Waals surface area contributed by atoms with Crippen LogP contribution in [0.15, 0.2) is 18.2 Å². The van der Waals surface area contributed by atoms with Gasteiger partial charge in [0.2, 0.25) is 5.69 Å². The number of hydrogen-bond donors (Lipinski definition) is 1. The quantitative estimate of drug-likeness (QED) is 0.758. The Balaban J connectivity index is 1.37. The van der Waals surface area contributed by atoms with Gasteiger partial charge < -0.3 is 14.4 Å². The first kappa shape index (κ1) is 18.4. The maximum Gasteiger partial charge on any atom is 0.362 e. The van der Waals surface area contributed by atoms with Crippen LogP contribution in [0.3, 0.4) is 0 Å². The number of aromatic amines is 1. The first-order chi connectivity index (χ1) is 13.0. The minimum Gasteiger partial charge on any atom is -0.472 e. The summed E-state index contributed by atoms with van der Waals surface area (Å²) in [5.41, 5.74) is 1.27. The lowest BCUT2D eigenvalue weighted by Crippen LogP contribution is -2.24. The van der Waals surface area contributed by atoms with Gasteiger partial charge in [-0.15, -0.1) is 0 Å². The zero-order chi connectivity index (χ0) is 19.0. The number of fused-ring (bicyclic) bond motifs is 1. The van der Waals surface area contributed by atoms with Crippen LogP contribution in [0, 0.1) is 11.8 Å². The van der Waals surface area contributed by atoms with Crippen LogP contribution in [-0.4, -0.2) is 47.2 Å². The standard InChI is InChI=1S/C18H20Cl2N4O3/c1-2-26-18(25)16-17(22-23-21-16)27-13-5-10-8-24(9-11(10)6-13)12-3-4-14(19)15(20)7-12/h3-4,7,10-11,13H,2,5-6,8-9H2,1H3,(H,21,22,23)/t10-,11+,13+. The first-order valence-electron chi connectivity index (χ1n) is 9.00. The van der Waals surface area contributed by atoms with Gasteiger partial charge in [-0.1, -0.05) is 33.5 Å². The van der Waals surface area contributed by atoms with Crippen molar-refractivity contribution in [3.8, 4) is 5.88 Å². The first-order valence-corrected chi connectivity index (χ1v) is 9.75. The fourth-order valence-corrected chi connectivity index (χ4v) is 4.32. The highest BCUT2D eigenvalue weighted by Gasteiger charge is 2.42. The highest BCUT2D eigenvalue weighted by Crippen LogP contribution is 2.42. The van der Waals surface area contributed by atoms with E-state index >= 15 is 0 Å². The third-order valence-electron chi connectivity index (χ3n) is 5.25. The number of rotatable bonds is 5. The molecule has 7 nitrogen and oxygen atoms in total. The number of aromatic nitrogens is 3. The second-order valence-electron chi connectivity index (χ2n) is 6.95. The van der Waals surface area contributed by atoms with E-state index in [0.29, 0.717) is 21.9 Å². The molecule has 0 amide bonds. The minimum atomic E-state index is -0.499. The van der Waals surface area contributed by atoms with Crippen molar-refractivity contribution < 1.29 is 14.3 Å². The van der Waals surface area contributed by atoms with Gasteiger partial charge in [0.05, 0.1) is 16.7 Å². The maximum absolute atomic E-state index is 11.9. The van der Waals surface area contributed by atoms with Crippen LogP contribution in [0.25, 0.3) is 0 Å². The van der Waals surface area contributed by atoms with Crippen LogP contribution in [-0.2, 0) is 4.74 Å². The molecule has 0 bridgehead atoms. The summed E-state index contributed by atoms with van der Waals surface area (Å²) < 4.78 is 11.0. The number of hydrogen-bond acceptors (Lipinski definition) is 6. The SMILES string of the molecule is CCOC(=O)c1[nH]nnc1O[C@H]1C[C@@H]2CN(c3ccc(Cl)c(Cl)c3)C[C@@H]2C1. The van der Waals surface area contributed by atoms with Crippen LogP contribution in [0.5, 0.6) is 5.88 Å². The summed E-state index contributed by atoms with van der Waals surface area (Å²) in [6.45, 7) is 3.94. The Bertz CT molecular complexity index is 830. The molecular weight excluding hydrogens is 391 g/mol. The molecule has 1 aromatic heterocycles. The Morgan fingerprint density at radius 2 is 2.00 bits per heavy atom. The predicted octanol–water partition coefficient (Wildman–Crippen LogP) is 3.58. The summed E-state index contributed by atoms with van der Waals surface area (Å²) in [5.74, 6) is 0.783. The van der Waals surface area contributed by atoms with Crippen molar-refractivity contribution in [2.45, 2.75) is 25.9 Å². The van der Waals surface area contributed by atoms with Gasteiger partial charge in [-0.2, -0.15) is 0 Å². The average Bonchev–Trinajstić information content (AvgIpc) is 3.32. The van der Waals surface area contributed by atoms with Crippen LogP contribution in [0.1, 0.15) is 30.3 Å². The zero-order valence-electron chi connectivity index (χ0n) is 14.8. The number of benzene rings is 1. The lowest BCUT2D eigenvalue weighted by Gasteiger charge is -2.21. The highest BCUT2D eigenvalue weighted by molar-refractivity contribution is 6.42. The molecule has 0 unspecified atom stereocenters. The van der Waals surface area contributed by atoms with Gasteiger partial charge in [0.1, 0.15) is 6.10 Å². The minimum absolute atomic E-state index is 0.0224. The molecule has 27 heavy (non-hydrogen) atoms. The number of carbonyl (C=O) groups excluding carboxylic acids is 1. The van der Waals surface area contributed by atoms with Crippen molar-refractivity contribution in [3.63, 3.8) is 0 Å². The van der Waals surface area contributed by atoms with Gasteiger partial charge in [-0.3, -0.25) is 0 Å². The van der Waals surface area contributed by atoms with E-state index in [-0.39, 0.29) is 24.3 Å². The Morgan fingerprint density at radius 1 is 1.26 bits per heavy atom. The van der Waals surface area contributed by atoms with Crippen LogP contribution in [0.4, 0.5) is 5.69 Å². The Labute approximate surface area is 166 Å². The third kappa shape index (κ3) is 3.71. The Kier molecular flexibility index (Phi) is 5.14. The van der Waals surface area contributed by atoms with Gasteiger partial charge in [-0.25, -0.2) is 9.89 Å². The molecule has 1 aliphatic carbocycles. The molecule has 2 fully saturated rings. The van der Waals surface area contributed by atoms with Crippen LogP contribution >= 0.6 is 23.2 Å². The number of nitrogens with zero attached hydrogens (tertiary/aromatic N) is 3. The number of halogens is 2. The van der Waals surface area contributed by atoms with Crippen molar-refractivity contribution in [1.82, 2.24) is 15.4 Å². The monoisotopic (exact) mass is 410 g/mol. The van der Waals surface area contributed by atoms with E-state index in [1.807, 2.05) is 18.2 Å². The molecule has 0 spiro atoms. The maximum atomic E-state index is 11.9. The van der Waals surface area contributed by atoms with Crippen molar-refractivity contribution in [3.05, 3.63) is 33.9 Å². The third-order valence-corrected chi connectivity index (χ3v) is 5.99. The summed E-state index contributed by atoms with van der Waals surface area (Å²) in [6, 6.07) is 5.75. The smallest absolute Gasteiger partial charge is 0.362 e. The fourth-order valence-electron chi connectivity index (χ4n) is 4.03. The van der Waals surface area contributed by atoms with Crippen LogP contribution in [0.2, 0.25) is 10.0 Å². The van der Waals surface area contributed by atoms with Crippen molar-refractivity contribution >= 4 is 34.9 Å². The van der Waals surface area contributed by atoms with E-state index in [1.165, 1.54) is 0 Å². The molecule has 0 radical (unpaired) electrons. The summed E-state index contributed by atoms with van der Waals surface area (Å²) >= 11 is 12.2. The van der Waals surface area contributed by atoms with Crippen LogP contribution < -0.4 is 9.64 Å². The lowest BCUT2D eigenvalue weighted by atomic mass is 10.0. The van der Waals surface area contributed by atoms with Gasteiger partial charge in [0.25, 0.3) is 5.88 Å². The van der Waals surface area contributed by atoms with E-state index in [9.17, 15) is 4.79 Å². The fraction of sp³-hybridized carbons (Fsp3) is 0.500. The number of H-pyrrole nitrogens is 1. The molecule has 2 aromatic rings. The molecule has 2 heterocycles. The molecular formula is C18H20Cl2N4O3. The second-order valence-corrected chi connectivity index (χ2v) is 7.76. The van der Waals surface area contributed by atoms with E-state index in [1.54, 1.807) is 6.92 Å². The number of carbonyl (C=O) groups is 1. The molecule has 3 atom stereocenters. The van der Waals surface area contributed by atoms with Gasteiger partial charge in [-0.05, 0) is 49.8 Å². The van der Waals surface area contributed by atoms with E-state index in [4.69, 9.17) is 32.7 Å². The number of esters is 1. The summed E-state index contributed by atoms with van der Waals surface area (Å²) in [4.78, 5) is 14.2. The second kappa shape index (κ2) is 7.56. The van der Waals surface area contributed by atoms with Gasteiger partial charge in [0, 0.05) is 18.8 Å². The lowest BCUT2D eigenvalue weighted by molar-refractivity contribution is 0.0511. The Morgan fingerprint density at radius 3 is 2.67 bits per heavy atom. The largest absolute Gasteiger partial charge is 0.472 e. The molecule has 1 aliphatic heterocycles. The topological polar surface area (TPSA) is 80.3 Å². The molecule has 4 rings (SSSR count). The van der Waals surface area contributed by atoms with Crippen molar-refractivity contribution in [2.24, 2.45) is 11.8 Å².